The van der Waals surface area contributed by atoms with Crippen LogP contribution in [0.15, 0.2) is 28.5 Å². The molecule has 0 nitrogen and oxygen atoms in total. The summed E-state index contributed by atoms with van der Waals surface area (Å²) in [5, 5.41) is 4.76. The minimum atomic E-state index is 0.341. The summed E-state index contributed by atoms with van der Waals surface area (Å²) in [5.74, 6) is 0. The molecule has 0 aliphatic carbocycles. The number of unbranched alkanes of at least 4 members (excludes halogenated alkanes) is 6. The van der Waals surface area contributed by atoms with Gasteiger partial charge in [0.2, 0.25) is 0 Å². The highest BCUT2D eigenvalue weighted by Crippen LogP contribution is 2.46. The van der Waals surface area contributed by atoms with E-state index < -0.39 is 0 Å². The second kappa shape index (κ2) is 10.6. The predicted octanol–water partition coefficient (Wildman–Crippen LogP) is 6.90. The van der Waals surface area contributed by atoms with Gasteiger partial charge in [0, 0.05) is 18.7 Å². The molecule has 0 spiro atoms. The zero-order chi connectivity index (χ0) is 16.5. The Bertz CT molecular complexity index is 566. The molecular formula is C20H32S2Si. The maximum Gasteiger partial charge on any atom is 0.0434 e. The quantitative estimate of drug-likeness (QED) is 0.296. The third kappa shape index (κ3) is 5.65. The van der Waals surface area contributed by atoms with Gasteiger partial charge < -0.3 is 0 Å². The average Bonchev–Trinajstić information content (AvgIpc) is 3.14. The summed E-state index contributed by atoms with van der Waals surface area (Å²) in [5.41, 5.74) is 3.25. The highest BCUT2D eigenvalue weighted by atomic mass is 32.3. The number of hydrogen-bond donors (Lipinski definition) is 0. The van der Waals surface area contributed by atoms with Gasteiger partial charge in [-0.15, -0.1) is 11.3 Å². The summed E-state index contributed by atoms with van der Waals surface area (Å²) in [6.07, 6.45) is 15.9. The molecule has 0 aromatic carbocycles. The van der Waals surface area contributed by atoms with Crippen molar-refractivity contribution in [1.82, 2.24) is 0 Å². The van der Waals surface area contributed by atoms with Crippen molar-refractivity contribution in [3.8, 4) is 0 Å². The lowest BCUT2D eigenvalue weighted by atomic mass is 10.0. The van der Waals surface area contributed by atoms with Crippen molar-refractivity contribution in [2.24, 2.45) is 0 Å². The number of allylic oxidation sites excluding steroid dienone is 2. The number of aryl methyl sites for hydroxylation is 1. The number of thiophene rings is 1. The first-order valence-corrected chi connectivity index (χ1v) is 13.4. The minimum Gasteiger partial charge on any atom is -0.164 e. The van der Waals surface area contributed by atoms with E-state index in [1.54, 1.807) is 20.9 Å². The first-order valence-electron chi connectivity index (χ1n) is 9.28. The fraction of sp³-hybridized carbons (Fsp3) is 0.600. The van der Waals surface area contributed by atoms with Crippen molar-refractivity contribution in [3.63, 3.8) is 0 Å². The molecule has 128 valence electrons. The van der Waals surface area contributed by atoms with E-state index >= 15 is 0 Å². The van der Waals surface area contributed by atoms with Crippen LogP contribution in [0, 0.1) is 0 Å². The topological polar surface area (TPSA) is 0 Å². The van der Waals surface area contributed by atoms with Crippen molar-refractivity contribution >= 4 is 35.1 Å². The highest BCUT2D eigenvalue weighted by molar-refractivity contribution is 8.28. The van der Waals surface area contributed by atoms with Crippen LogP contribution in [-0.2, 0) is 6.42 Å². The molecule has 2 heterocycles. The van der Waals surface area contributed by atoms with Gasteiger partial charge in [0.05, 0.1) is 0 Å². The lowest BCUT2D eigenvalue weighted by molar-refractivity contribution is 0.666. The van der Waals surface area contributed by atoms with Crippen LogP contribution in [0.5, 0.6) is 0 Å². The van der Waals surface area contributed by atoms with Gasteiger partial charge >= 0.3 is 0 Å². The summed E-state index contributed by atoms with van der Waals surface area (Å²) in [6, 6.07) is 2.38. The third-order valence-corrected chi connectivity index (χ3v) is 8.54. The van der Waals surface area contributed by atoms with Crippen LogP contribution in [0.1, 0.15) is 82.1 Å². The molecule has 1 aliphatic heterocycles. The van der Waals surface area contributed by atoms with E-state index in [9.17, 15) is 0 Å². The van der Waals surface area contributed by atoms with Gasteiger partial charge in [0.25, 0.3) is 0 Å². The van der Waals surface area contributed by atoms with E-state index in [0.717, 1.165) is 0 Å². The van der Waals surface area contributed by atoms with Gasteiger partial charge in [-0.3, -0.25) is 0 Å². The predicted molar refractivity (Wildman–Crippen MR) is 113 cm³/mol. The Balaban J connectivity index is 2.05. The Labute approximate surface area is 152 Å². The van der Waals surface area contributed by atoms with Crippen molar-refractivity contribution in [1.29, 1.82) is 0 Å². The Hall–Kier alpha value is -0.253. The minimum absolute atomic E-state index is 0.341. The molecule has 1 aliphatic rings. The lowest BCUT2D eigenvalue weighted by Gasteiger charge is -2.11. The van der Waals surface area contributed by atoms with Crippen LogP contribution in [0.25, 0.3) is 4.91 Å². The first-order chi connectivity index (χ1) is 11.3. The van der Waals surface area contributed by atoms with E-state index in [2.05, 4.69) is 45.7 Å². The van der Waals surface area contributed by atoms with E-state index in [-0.39, 0.29) is 0 Å². The smallest absolute Gasteiger partial charge is 0.0434 e. The molecule has 0 saturated carbocycles. The molecule has 0 N–H and O–H groups in total. The van der Waals surface area contributed by atoms with E-state index in [1.165, 1.54) is 64.2 Å². The van der Waals surface area contributed by atoms with E-state index in [0.29, 0.717) is 9.89 Å². The van der Waals surface area contributed by atoms with Crippen LogP contribution in [0.4, 0.5) is 0 Å². The average molecular weight is 365 g/mol. The normalized spacial score (nSPS) is 17.4. The van der Waals surface area contributed by atoms with Gasteiger partial charge in [-0.05, 0) is 53.7 Å². The first kappa shape index (κ1) is 19.1. The van der Waals surface area contributed by atoms with Crippen LogP contribution in [-0.4, -0.2) is 8.95 Å². The molecule has 0 fully saturated rings. The van der Waals surface area contributed by atoms with Crippen LogP contribution < -0.4 is 0 Å². The van der Waals surface area contributed by atoms with Crippen molar-refractivity contribution in [2.75, 3.05) is 0 Å². The Kier molecular flexibility index (Phi) is 8.77. The maximum atomic E-state index is 2.45. The Morgan fingerprint density at radius 1 is 0.957 bits per heavy atom. The van der Waals surface area contributed by atoms with E-state index in [4.69, 9.17) is 0 Å². The van der Waals surface area contributed by atoms with Gasteiger partial charge in [-0.1, -0.05) is 58.4 Å². The second-order valence-corrected chi connectivity index (χ2v) is 10.8. The van der Waals surface area contributed by atoms with Crippen molar-refractivity contribution in [2.45, 2.75) is 78.1 Å². The molecule has 1 aromatic heterocycles. The summed E-state index contributed by atoms with van der Waals surface area (Å²) in [7, 11) is 2.51. The molecule has 23 heavy (non-hydrogen) atoms. The lowest BCUT2D eigenvalue weighted by Crippen LogP contribution is -1.90. The van der Waals surface area contributed by atoms with Gasteiger partial charge in [0.15, 0.2) is 0 Å². The molecule has 0 amide bonds. The van der Waals surface area contributed by atoms with Gasteiger partial charge in [-0.2, -0.15) is 9.89 Å². The molecule has 0 radical (unpaired) electrons. The molecule has 1 aromatic rings. The Morgan fingerprint density at radius 3 is 2.35 bits per heavy atom. The summed E-state index contributed by atoms with van der Waals surface area (Å²) < 4.78 is 0. The standard InChI is InChI=1S/C20H32S2Si/c1-3-5-7-9-11-17-13-15-21-19(17)20-18(14-16-22(20)23)12-10-8-6-4-2/h13-16H,3-12,23H2,1-2H3. The number of rotatable bonds is 11. The molecule has 1 unspecified atom stereocenters. The molecule has 3 heteroatoms. The molecule has 0 bridgehead atoms. The maximum absolute atomic E-state index is 2.45. The third-order valence-electron chi connectivity index (χ3n) is 4.54. The second-order valence-electron chi connectivity index (χ2n) is 6.48. The number of hydrogen-bond acceptors (Lipinski definition) is 1. The van der Waals surface area contributed by atoms with Gasteiger partial charge in [0.1, 0.15) is 0 Å². The SMILES string of the molecule is CCCCCCC1=C(c2sccc2CCCCCC)S(=[SiH2])C=C1. The molecular weight excluding hydrogens is 332 g/mol. The Morgan fingerprint density at radius 2 is 1.65 bits per heavy atom. The van der Waals surface area contributed by atoms with Gasteiger partial charge in [-0.25, -0.2) is 0 Å². The zero-order valence-electron chi connectivity index (χ0n) is 14.9. The van der Waals surface area contributed by atoms with E-state index in [1.807, 2.05) is 11.3 Å². The van der Waals surface area contributed by atoms with Crippen molar-refractivity contribution in [3.05, 3.63) is 38.9 Å². The summed E-state index contributed by atoms with van der Waals surface area (Å²) in [4.78, 5) is 3.29. The largest absolute Gasteiger partial charge is 0.164 e. The van der Waals surface area contributed by atoms with Crippen LogP contribution in [0.2, 0.25) is 0 Å². The summed E-state index contributed by atoms with van der Waals surface area (Å²) >= 11 is 1.98. The zero-order valence-corrected chi connectivity index (χ0v) is 18.0. The monoisotopic (exact) mass is 364 g/mol. The van der Waals surface area contributed by atoms with Crippen LogP contribution in [0.3, 0.4) is 0 Å². The highest BCUT2D eigenvalue weighted by Gasteiger charge is 2.17. The van der Waals surface area contributed by atoms with Crippen LogP contribution >= 0.6 is 21.2 Å². The molecule has 0 saturated heterocycles. The molecule has 1 atom stereocenters. The molecule has 2 rings (SSSR count). The fourth-order valence-corrected chi connectivity index (χ4v) is 7.48. The summed E-state index contributed by atoms with van der Waals surface area (Å²) in [6.45, 7) is 4.58. The fourth-order valence-electron chi connectivity index (χ4n) is 3.15. The van der Waals surface area contributed by atoms with Crippen molar-refractivity contribution < 1.29 is 0 Å².